The third-order valence-electron chi connectivity index (χ3n) is 4.55. The van der Waals surface area contributed by atoms with Crippen molar-refractivity contribution >= 4 is 46.3 Å². The van der Waals surface area contributed by atoms with E-state index in [9.17, 15) is 14.4 Å². The number of benzene rings is 1. The molecule has 1 aliphatic rings. The fourth-order valence-electron chi connectivity index (χ4n) is 3.05. The Bertz CT molecular complexity index is 970. The van der Waals surface area contributed by atoms with Crippen LogP contribution in [0.5, 0.6) is 0 Å². The van der Waals surface area contributed by atoms with Gasteiger partial charge in [-0.1, -0.05) is 18.1 Å². The highest BCUT2D eigenvalue weighted by Gasteiger charge is 2.44. The number of carbonyl (C=O) groups excluding carboxylic acids is 2. The Morgan fingerprint density at radius 1 is 1.08 bits per heavy atom. The van der Waals surface area contributed by atoms with E-state index < -0.39 is 28.0 Å². The lowest BCUT2D eigenvalue weighted by molar-refractivity contribution is -0.132. The van der Waals surface area contributed by atoms with Gasteiger partial charge in [-0.05, 0) is 37.6 Å². The molecule has 1 aromatic carbocycles. The maximum Gasteiger partial charge on any atom is 0.261 e. The topological polar surface area (TPSA) is 81.1 Å². The molecule has 2 heterocycles. The van der Waals surface area contributed by atoms with Crippen molar-refractivity contribution in [2.75, 3.05) is 0 Å². The number of hydrogen-bond donors (Lipinski definition) is 1. The third kappa shape index (κ3) is 2.71. The van der Waals surface area contributed by atoms with Gasteiger partial charge in [0.1, 0.15) is 13.7 Å². The summed E-state index contributed by atoms with van der Waals surface area (Å²) in [6, 6.07) is 5.25. The highest BCUT2D eigenvalue weighted by Crippen LogP contribution is 2.33. The molecular weight excluding hydrogens is 315 g/mol. The average Bonchev–Trinajstić information content (AvgIpc) is 2.60. The molecule has 0 spiro atoms. The number of nitrogens with one attached hydrogen (secondary N) is 1. The van der Waals surface area contributed by atoms with Crippen LogP contribution in [0.25, 0.3) is 10.9 Å². The predicted octanol–water partition coefficient (Wildman–Crippen LogP) is -0.276. The van der Waals surface area contributed by atoms with Crippen molar-refractivity contribution in [3.8, 4) is 0 Å². The summed E-state index contributed by atoms with van der Waals surface area (Å²) in [6.45, 7) is 3.42. The summed E-state index contributed by atoms with van der Waals surface area (Å²) in [5, 5.41) is 0.692. The average molecular weight is 329 g/mol. The lowest BCUT2D eigenvalue weighted by atomic mass is 9.51. The summed E-state index contributed by atoms with van der Waals surface area (Å²) in [5.74, 6) is -1.41. The first-order chi connectivity index (χ1) is 11.6. The fraction of sp³-hybridized carbons (Fsp3) is 0.375. The molecule has 3 rings (SSSR count). The van der Waals surface area contributed by atoms with Gasteiger partial charge in [-0.3, -0.25) is 24.3 Å². The molecule has 1 fully saturated rings. The van der Waals surface area contributed by atoms with Gasteiger partial charge in [-0.25, -0.2) is 4.98 Å². The van der Waals surface area contributed by atoms with Crippen LogP contribution in [0.1, 0.15) is 24.2 Å². The van der Waals surface area contributed by atoms with Crippen LogP contribution in [0.15, 0.2) is 23.0 Å². The second kappa shape index (κ2) is 5.61. The molecule has 1 aliphatic heterocycles. The largest absolute Gasteiger partial charge is 0.296 e. The van der Waals surface area contributed by atoms with Crippen LogP contribution >= 0.6 is 0 Å². The second-order valence-electron chi connectivity index (χ2n) is 6.57. The van der Waals surface area contributed by atoms with Crippen molar-refractivity contribution in [2.45, 2.75) is 37.3 Å². The van der Waals surface area contributed by atoms with E-state index in [1.54, 1.807) is 19.1 Å². The molecule has 25 heavy (non-hydrogen) atoms. The minimum Gasteiger partial charge on any atom is -0.296 e. The molecule has 9 heteroatoms. The number of amides is 2. The zero-order chi connectivity index (χ0) is 18.6. The van der Waals surface area contributed by atoms with E-state index in [2.05, 4.69) is 10.3 Å². The molecular formula is C16H14B3N3O3. The second-order valence-corrected chi connectivity index (χ2v) is 6.57. The van der Waals surface area contributed by atoms with E-state index in [1.165, 1.54) is 0 Å². The van der Waals surface area contributed by atoms with Gasteiger partial charge in [-0.2, -0.15) is 0 Å². The SMILES string of the molecule is [B]C1([B])CC[C@@]([B])(n2c(C)nc3ccc(C)cc3c2=O)C(=O)NC1=O. The number of hydrogen-bond acceptors (Lipinski definition) is 4. The number of rotatable bonds is 1. The molecule has 0 unspecified atom stereocenters. The molecule has 1 aromatic heterocycles. The van der Waals surface area contributed by atoms with Crippen LogP contribution in [0.3, 0.4) is 0 Å². The van der Waals surface area contributed by atoms with Gasteiger partial charge in [0.15, 0.2) is 0 Å². The number of carbonyl (C=O) groups is 2. The first-order valence-corrected chi connectivity index (χ1v) is 7.79. The molecule has 1 atom stereocenters. The molecule has 1 saturated heterocycles. The smallest absolute Gasteiger partial charge is 0.261 e. The summed E-state index contributed by atoms with van der Waals surface area (Å²) in [5.41, 5.74) is -0.901. The number of aromatic nitrogens is 2. The van der Waals surface area contributed by atoms with Crippen LogP contribution in [0.2, 0.25) is 5.21 Å². The van der Waals surface area contributed by atoms with Crippen molar-refractivity contribution in [3.05, 3.63) is 39.9 Å². The van der Waals surface area contributed by atoms with Crippen molar-refractivity contribution in [3.63, 3.8) is 0 Å². The molecule has 120 valence electrons. The number of nitrogens with zero attached hydrogens (tertiary/aromatic N) is 2. The minimum absolute atomic E-state index is 0.0706. The lowest BCUT2D eigenvalue weighted by Gasteiger charge is -2.31. The molecule has 0 bridgehead atoms. The summed E-state index contributed by atoms with van der Waals surface area (Å²) in [6.07, 6.45) is -0.157. The fourth-order valence-corrected chi connectivity index (χ4v) is 3.05. The summed E-state index contributed by atoms with van der Waals surface area (Å²) >= 11 is 0. The number of imide groups is 1. The highest BCUT2D eigenvalue weighted by molar-refractivity contribution is 6.52. The van der Waals surface area contributed by atoms with Crippen molar-refractivity contribution in [1.82, 2.24) is 14.9 Å². The Morgan fingerprint density at radius 2 is 1.76 bits per heavy atom. The predicted molar refractivity (Wildman–Crippen MR) is 95.8 cm³/mol. The molecule has 0 saturated carbocycles. The Labute approximate surface area is 148 Å². The zero-order valence-corrected chi connectivity index (χ0v) is 14.0. The monoisotopic (exact) mass is 329 g/mol. The molecule has 1 N–H and O–H groups in total. The number of fused-ring (bicyclic) bond motifs is 1. The molecule has 6 nitrogen and oxygen atoms in total. The van der Waals surface area contributed by atoms with E-state index in [0.29, 0.717) is 10.9 Å². The first kappa shape index (κ1) is 17.5. The third-order valence-corrected chi connectivity index (χ3v) is 4.55. The number of aryl methyl sites for hydroxylation is 2. The maximum absolute atomic E-state index is 13.0. The van der Waals surface area contributed by atoms with E-state index >= 15 is 0 Å². The van der Waals surface area contributed by atoms with Crippen LogP contribution in [-0.2, 0) is 15.0 Å². The van der Waals surface area contributed by atoms with Crippen LogP contribution in [0.4, 0.5) is 0 Å². The van der Waals surface area contributed by atoms with Gasteiger partial charge in [0.2, 0.25) is 11.8 Å². The molecule has 2 amide bonds. The van der Waals surface area contributed by atoms with Gasteiger partial charge in [-0.15, -0.1) is 0 Å². The Hall–Kier alpha value is -2.31. The van der Waals surface area contributed by atoms with Crippen LogP contribution in [-0.4, -0.2) is 44.9 Å². The van der Waals surface area contributed by atoms with E-state index in [4.69, 9.17) is 23.5 Å². The quantitative estimate of drug-likeness (QED) is 0.577. The molecule has 0 aliphatic carbocycles. The molecule has 6 radical (unpaired) electrons. The van der Waals surface area contributed by atoms with Crippen molar-refractivity contribution in [1.29, 1.82) is 0 Å². The maximum atomic E-state index is 13.0. The Kier molecular flexibility index (Phi) is 3.93. The van der Waals surface area contributed by atoms with Gasteiger partial charge in [0, 0.05) is 0 Å². The van der Waals surface area contributed by atoms with Gasteiger partial charge in [0.05, 0.1) is 32.0 Å². The summed E-state index contributed by atoms with van der Waals surface area (Å²) in [7, 11) is 17.7. The first-order valence-electron chi connectivity index (χ1n) is 7.79. The van der Waals surface area contributed by atoms with Gasteiger partial charge in [0.25, 0.3) is 5.56 Å². The Balaban J connectivity index is 2.25. The van der Waals surface area contributed by atoms with Gasteiger partial charge >= 0.3 is 0 Å². The van der Waals surface area contributed by atoms with E-state index in [1.807, 2.05) is 13.0 Å². The van der Waals surface area contributed by atoms with Crippen molar-refractivity contribution < 1.29 is 9.59 Å². The minimum atomic E-state index is -1.82. The van der Waals surface area contributed by atoms with E-state index in [-0.39, 0.29) is 18.7 Å². The zero-order valence-electron chi connectivity index (χ0n) is 14.0. The lowest BCUT2D eigenvalue weighted by Crippen LogP contribution is -2.54. The van der Waals surface area contributed by atoms with Crippen molar-refractivity contribution in [2.24, 2.45) is 0 Å². The normalized spacial score (nSPS) is 23.3. The standard InChI is InChI=1S/C16H14B3N3O3/c1-8-3-4-11-10(7-8)12(23)22(9(2)20-11)16(19)6-5-15(17,18)13(24)21-14(16)25/h3-4,7H,5-6H2,1-2H3,(H,21,24,25)/t16-/m1/s1. The Morgan fingerprint density at radius 3 is 2.44 bits per heavy atom. The highest BCUT2D eigenvalue weighted by atomic mass is 16.2. The van der Waals surface area contributed by atoms with E-state index in [0.717, 1.165) is 10.1 Å². The van der Waals surface area contributed by atoms with Crippen LogP contribution in [0, 0.1) is 13.8 Å². The summed E-state index contributed by atoms with van der Waals surface area (Å²) in [4.78, 5) is 41.9. The summed E-state index contributed by atoms with van der Waals surface area (Å²) < 4.78 is 1.11. The molecule has 2 aromatic rings. The van der Waals surface area contributed by atoms with Crippen LogP contribution < -0.4 is 10.9 Å². The van der Waals surface area contributed by atoms with Gasteiger partial charge < -0.3 is 0 Å².